The van der Waals surface area contributed by atoms with Gasteiger partial charge >= 0.3 is 0 Å². The Morgan fingerprint density at radius 3 is 2.47 bits per heavy atom. The van der Waals surface area contributed by atoms with Gasteiger partial charge < -0.3 is 14.8 Å². The molecule has 0 bridgehead atoms. The van der Waals surface area contributed by atoms with Crippen molar-refractivity contribution < 1.29 is 14.7 Å². The molecule has 4 nitrogen and oxygen atoms in total. The Labute approximate surface area is 99.9 Å². The normalized spacial score (nSPS) is 23.7. The van der Waals surface area contributed by atoms with Gasteiger partial charge in [0, 0.05) is 13.5 Å². The van der Waals surface area contributed by atoms with E-state index in [1.807, 2.05) is 6.07 Å². The van der Waals surface area contributed by atoms with Crippen LogP contribution in [0.2, 0.25) is 0 Å². The number of nitrogens with zero attached hydrogens (tertiary/aromatic N) is 1. The first-order chi connectivity index (χ1) is 8.09. The van der Waals surface area contributed by atoms with Crippen molar-refractivity contribution in [1.29, 1.82) is 0 Å². The number of carbonyl (C=O) groups excluding carboxylic acids is 2. The van der Waals surface area contributed by atoms with Gasteiger partial charge in [-0.1, -0.05) is 30.3 Å². The van der Waals surface area contributed by atoms with Crippen LogP contribution in [0.15, 0.2) is 30.3 Å². The fourth-order valence-electron chi connectivity index (χ4n) is 2.59. The topological polar surface area (TPSA) is 60.4 Å². The zero-order valence-corrected chi connectivity index (χ0v) is 9.68. The molecule has 1 unspecified atom stereocenters. The van der Waals surface area contributed by atoms with Crippen molar-refractivity contribution in [1.82, 2.24) is 4.90 Å². The summed E-state index contributed by atoms with van der Waals surface area (Å²) >= 11 is 0. The van der Waals surface area contributed by atoms with Gasteiger partial charge in [-0.05, 0) is 18.4 Å². The van der Waals surface area contributed by atoms with E-state index >= 15 is 0 Å². The number of carbonyl (C=O) groups is 2. The Morgan fingerprint density at radius 2 is 1.94 bits per heavy atom. The first kappa shape index (κ1) is 11.6. The second-order valence-electron chi connectivity index (χ2n) is 4.29. The van der Waals surface area contributed by atoms with Gasteiger partial charge in [0.25, 0.3) is 0 Å². The molecule has 1 atom stereocenters. The van der Waals surface area contributed by atoms with E-state index in [2.05, 4.69) is 0 Å². The van der Waals surface area contributed by atoms with Crippen LogP contribution >= 0.6 is 0 Å². The standard InChI is InChI=1S/C13H15NO3/c1-10(15)14-9-5-8-13(14,12(16)17)11-6-3-2-4-7-11/h2-4,6-7H,5,8-9H2,1H3,(H,16,17)/p-1. The van der Waals surface area contributed by atoms with Gasteiger partial charge in [0.2, 0.25) is 5.91 Å². The molecule has 17 heavy (non-hydrogen) atoms. The van der Waals surface area contributed by atoms with Crippen LogP contribution in [0.3, 0.4) is 0 Å². The third-order valence-electron chi connectivity index (χ3n) is 3.35. The van der Waals surface area contributed by atoms with Crippen molar-refractivity contribution in [3.05, 3.63) is 35.9 Å². The van der Waals surface area contributed by atoms with Crippen LogP contribution < -0.4 is 5.11 Å². The number of hydrogen-bond acceptors (Lipinski definition) is 3. The molecule has 90 valence electrons. The fourth-order valence-corrected chi connectivity index (χ4v) is 2.59. The number of amides is 1. The maximum absolute atomic E-state index is 11.6. The number of carboxylic acids is 1. The number of benzene rings is 1. The van der Waals surface area contributed by atoms with E-state index < -0.39 is 11.5 Å². The molecule has 4 heteroatoms. The first-order valence-electron chi connectivity index (χ1n) is 5.64. The lowest BCUT2D eigenvalue weighted by Gasteiger charge is -2.39. The van der Waals surface area contributed by atoms with Gasteiger partial charge in [0.1, 0.15) is 5.54 Å². The smallest absolute Gasteiger partial charge is 0.220 e. The molecular formula is C13H14NO3-. The third kappa shape index (κ3) is 1.69. The van der Waals surface area contributed by atoms with Crippen molar-refractivity contribution in [2.75, 3.05) is 6.54 Å². The van der Waals surface area contributed by atoms with Crippen molar-refractivity contribution in [2.24, 2.45) is 0 Å². The van der Waals surface area contributed by atoms with E-state index in [-0.39, 0.29) is 5.91 Å². The largest absolute Gasteiger partial charge is 0.547 e. The Kier molecular flexibility index (Phi) is 2.88. The number of rotatable bonds is 2. The summed E-state index contributed by atoms with van der Waals surface area (Å²) < 4.78 is 0. The quantitative estimate of drug-likeness (QED) is 0.735. The second kappa shape index (κ2) is 4.20. The van der Waals surface area contributed by atoms with Gasteiger partial charge in [0.05, 0.1) is 5.97 Å². The highest BCUT2D eigenvalue weighted by molar-refractivity contribution is 5.87. The summed E-state index contributed by atoms with van der Waals surface area (Å²) in [5.74, 6) is -1.42. The van der Waals surface area contributed by atoms with Crippen LogP contribution in [0.5, 0.6) is 0 Å². The van der Waals surface area contributed by atoms with E-state index in [0.29, 0.717) is 24.9 Å². The number of carboxylic acid groups (broad SMARTS) is 1. The van der Waals surface area contributed by atoms with Crippen LogP contribution in [0.1, 0.15) is 25.3 Å². The molecule has 1 amide bonds. The Balaban J connectivity index is 2.54. The van der Waals surface area contributed by atoms with Crippen molar-refractivity contribution in [3.63, 3.8) is 0 Å². The summed E-state index contributed by atoms with van der Waals surface area (Å²) in [7, 11) is 0. The highest BCUT2D eigenvalue weighted by Crippen LogP contribution is 2.38. The Hall–Kier alpha value is -1.84. The molecule has 1 aliphatic heterocycles. The minimum atomic E-state index is -1.28. The van der Waals surface area contributed by atoms with Gasteiger partial charge in [-0.2, -0.15) is 0 Å². The van der Waals surface area contributed by atoms with E-state index in [0.717, 1.165) is 0 Å². The zero-order valence-electron chi connectivity index (χ0n) is 9.68. The average Bonchev–Trinajstić information content (AvgIpc) is 2.75. The molecule has 1 heterocycles. The monoisotopic (exact) mass is 232 g/mol. The summed E-state index contributed by atoms with van der Waals surface area (Å²) in [5, 5.41) is 11.5. The summed E-state index contributed by atoms with van der Waals surface area (Å²) in [6.45, 7) is 1.87. The molecule has 1 aliphatic rings. The van der Waals surface area contributed by atoms with Gasteiger partial charge in [-0.15, -0.1) is 0 Å². The molecule has 1 aromatic rings. The Morgan fingerprint density at radius 1 is 1.29 bits per heavy atom. The van der Waals surface area contributed by atoms with Crippen LogP contribution in [-0.2, 0) is 15.1 Å². The molecule has 1 fully saturated rings. The molecule has 1 aromatic carbocycles. The molecule has 1 saturated heterocycles. The van der Waals surface area contributed by atoms with Gasteiger partial charge in [-0.3, -0.25) is 4.79 Å². The van der Waals surface area contributed by atoms with Crippen LogP contribution in [-0.4, -0.2) is 23.3 Å². The molecule has 0 spiro atoms. The minimum absolute atomic E-state index is 0.226. The molecule has 0 aliphatic carbocycles. The first-order valence-corrected chi connectivity index (χ1v) is 5.64. The summed E-state index contributed by atoms with van der Waals surface area (Å²) in [6, 6.07) is 8.83. The predicted octanol–water partition coefficient (Wildman–Crippen LogP) is 0.274. The van der Waals surface area contributed by atoms with E-state index in [9.17, 15) is 14.7 Å². The lowest BCUT2D eigenvalue weighted by atomic mass is 9.87. The molecule has 0 N–H and O–H groups in total. The number of likely N-dealkylation sites (tertiary alicyclic amines) is 1. The van der Waals surface area contributed by atoms with E-state index in [1.54, 1.807) is 24.3 Å². The van der Waals surface area contributed by atoms with Gasteiger partial charge in [0.15, 0.2) is 0 Å². The maximum Gasteiger partial charge on any atom is 0.220 e. The van der Waals surface area contributed by atoms with E-state index in [4.69, 9.17) is 0 Å². The lowest BCUT2D eigenvalue weighted by Crippen LogP contribution is -2.55. The molecular weight excluding hydrogens is 218 g/mol. The molecule has 0 saturated carbocycles. The SMILES string of the molecule is CC(=O)N1CCCC1(C(=O)[O-])c1ccccc1. The van der Waals surface area contributed by atoms with Crippen LogP contribution in [0.4, 0.5) is 0 Å². The summed E-state index contributed by atoms with van der Waals surface area (Å²) in [6.07, 6.45) is 1.10. The number of aliphatic carboxylic acids is 1. The Bertz CT molecular complexity index is 443. The van der Waals surface area contributed by atoms with Crippen molar-refractivity contribution in [3.8, 4) is 0 Å². The van der Waals surface area contributed by atoms with Crippen LogP contribution in [0.25, 0.3) is 0 Å². The molecule has 2 rings (SSSR count). The predicted molar refractivity (Wildman–Crippen MR) is 59.7 cm³/mol. The van der Waals surface area contributed by atoms with Crippen LogP contribution in [0, 0.1) is 0 Å². The summed E-state index contributed by atoms with van der Waals surface area (Å²) in [5.41, 5.74) is -0.666. The van der Waals surface area contributed by atoms with E-state index in [1.165, 1.54) is 11.8 Å². The average molecular weight is 232 g/mol. The minimum Gasteiger partial charge on any atom is -0.547 e. The van der Waals surface area contributed by atoms with Crippen molar-refractivity contribution >= 4 is 11.9 Å². The summed E-state index contributed by atoms with van der Waals surface area (Å²) in [4.78, 5) is 24.5. The number of hydrogen-bond donors (Lipinski definition) is 0. The maximum atomic E-state index is 11.6. The lowest BCUT2D eigenvalue weighted by molar-refractivity contribution is -0.318. The molecule has 0 radical (unpaired) electrons. The molecule has 0 aromatic heterocycles. The highest BCUT2D eigenvalue weighted by atomic mass is 16.4. The fraction of sp³-hybridized carbons (Fsp3) is 0.385. The highest BCUT2D eigenvalue weighted by Gasteiger charge is 2.45. The van der Waals surface area contributed by atoms with Gasteiger partial charge in [-0.25, -0.2) is 0 Å². The van der Waals surface area contributed by atoms with Crippen molar-refractivity contribution in [2.45, 2.75) is 25.3 Å². The second-order valence-corrected chi connectivity index (χ2v) is 4.29. The zero-order chi connectivity index (χ0) is 12.5. The third-order valence-corrected chi connectivity index (χ3v) is 3.35.